The molecule has 0 aliphatic carbocycles. The lowest BCUT2D eigenvalue weighted by Gasteiger charge is -2.18. The van der Waals surface area contributed by atoms with E-state index in [1.165, 1.54) is 23.3 Å². The molecular formula is C17H20FN. The number of nitrogens with one attached hydrogen (secondary N) is 1. The Morgan fingerprint density at radius 1 is 1.00 bits per heavy atom. The van der Waals surface area contributed by atoms with Crippen LogP contribution < -0.4 is 5.32 Å². The maximum absolute atomic E-state index is 12.9. The molecule has 2 aromatic rings. The quantitative estimate of drug-likeness (QED) is 0.821. The van der Waals surface area contributed by atoms with Gasteiger partial charge in [-0.15, -0.1) is 0 Å². The largest absolute Gasteiger partial charge is 0.310 e. The Morgan fingerprint density at radius 3 is 2.32 bits per heavy atom. The van der Waals surface area contributed by atoms with Gasteiger partial charge in [0.2, 0.25) is 0 Å². The molecule has 0 heterocycles. The van der Waals surface area contributed by atoms with Crippen molar-refractivity contribution in [2.45, 2.75) is 25.8 Å². The first-order valence-electron chi connectivity index (χ1n) is 6.82. The van der Waals surface area contributed by atoms with Crippen molar-refractivity contribution in [2.75, 3.05) is 6.54 Å². The molecule has 2 rings (SSSR count). The molecule has 0 saturated carbocycles. The van der Waals surface area contributed by atoms with E-state index in [0.717, 1.165) is 19.4 Å². The van der Waals surface area contributed by atoms with E-state index < -0.39 is 0 Å². The van der Waals surface area contributed by atoms with Crippen molar-refractivity contribution < 1.29 is 4.39 Å². The molecule has 19 heavy (non-hydrogen) atoms. The molecule has 0 bridgehead atoms. The second-order valence-electron chi connectivity index (χ2n) is 4.69. The predicted octanol–water partition coefficient (Wildman–Crippen LogP) is 4.11. The van der Waals surface area contributed by atoms with E-state index in [9.17, 15) is 4.39 Å². The summed E-state index contributed by atoms with van der Waals surface area (Å²) in [5, 5.41) is 3.51. The van der Waals surface area contributed by atoms with Gasteiger partial charge in [-0.2, -0.15) is 0 Å². The van der Waals surface area contributed by atoms with E-state index in [-0.39, 0.29) is 5.82 Å². The van der Waals surface area contributed by atoms with Gasteiger partial charge in [-0.25, -0.2) is 4.39 Å². The number of hydrogen-bond donors (Lipinski definition) is 1. The lowest BCUT2D eigenvalue weighted by molar-refractivity contribution is 0.515. The Balaban J connectivity index is 1.99. The fraction of sp³-hybridized carbons (Fsp3) is 0.294. The summed E-state index contributed by atoms with van der Waals surface area (Å²) in [7, 11) is 0. The van der Waals surface area contributed by atoms with E-state index in [1.807, 2.05) is 18.2 Å². The lowest BCUT2D eigenvalue weighted by atomic mass is 9.99. The number of halogens is 1. The van der Waals surface area contributed by atoms with Crippen molar-refractivity contribution in [3.05, 3.63) is 71.5 Å². The zero-order valence-electron chi connectivity index (χ0n) is 11.3. The molecule has 0 aliphatic heterocycles. The zero-order chi connectivity index (χ0) is 13.5. The third-order valence-corrected chi connectivity index (χ3v) is 3.29. The lowest BCUT2D eigenvalue weighted by Crippen LogP contribution is -2.21. The van der Waals surface area contributed by atoms with Gasteiger partial charge in [0, 0.05) is 6.04 Å². The average Bonchev–Trinajstić information content (AvgIpc) is 2.46. The summed E-state index contributed by atoms with van der Waals surface area (Å²) >= 11 is 0. The minimum Gasteiger partial charge on any atom is -0.310 e. The van der Waals surface area contributed by atoms with Gasteiger partial charge in [0.1, 0.15) is 5.82 Å². The topological polar surface area (TPSA) is 12.0 Å². The summed E-state index contributed by atoms with van der Waals surface area (Å²) in [4.78, 5) is 0. The SMILES string of the molecule is CCNC(CCc1ccc(F)cc1)c1ccccc1. The first kappa shape index (κ1) is 13.8. The maximum atomic E-state index is 12.9. The highest BCUT2D eigenvalue weighted by molar-refractivity contribution is 5.21. The Labute approximate surface area is 114 Å². The van der Waals surface area contributed by atoms with Crippen LogP contribution in [0.3, 0.4) is 0 Å². The van der Waals surface area contributed by atoms with Crippen LogP contribution >= 0.6 is 0 Å². The van der Waals surface area contributed by atoms with E-state index >= 15 is 0 Å². The second kappa shape index (κ2) is 7.05. The third-order valence-electron chi connectivity index (χ3n) is 3.29. The predicted molar refractivity (Wildman–Crippen MR) is 77.6 cm³/mol. The van der Waals surface area contributed by atoms with Crippen LogP contribution in [-0.2, 0) is 6.42 Å². The molecule has 0 spiro atoms. The highest BCUT2D eigenvalue weighted by Crippen LogP contribution is 2.19. The molecule has 1 unspecified atom stereocenters. The first-order chi connectivity index (χ1) is 9.29. The average molecular weight is 257 g/mol. The van der Waals surface area contributed by atoms with E-state index in [4.69, 9.17) is 0 Å². The van der Waals surface area contributed by atoms with Crippen molar-refractivity contribution in [2.24, 2.45) is 0 Å². The monoisotopic (exact) mass is 257 g/mol. The highest BCUT2D eigenvalue weighted by atomic mass is 19.1. The van der Waals surface area contributed by atoms with Crippen molar-refractivity contribution in [3.8, 4) is 0 Å². The Kier molecular flexibility index (Phi) is 5.10. The van der Waals surface area contributed by atoms with E-state index in [2.05, 4.69) is 36.5 Å². The molecule has 1 nitrogen and oxygen atoms in total. The molecule has 0 aromatic heterocycles. The molecule has 1 atom stereocenters. The van der Waals surface area contributed by atoms with Crippen molar-refractivity contribution in [1.82, 2.24) is 5.32 Å². The summed E-state index contributed by atoms with van der Waals surface area (Å²) in [6.45, 7) is 3.07. The smallest absolute Gasteiger partial charge is 0.123 e. The molecule has 0 amide bonds. The van der Waals surface area contributed by atoms with Crippen LogP contribution in [0.25, 0.3) is 0 Å². The Morgan fingerprint density at radius 2 is 1.68 bits per heavy atom. The minimum atomic E-state index is -0.171. The van der Waals surface area contributed by atoms with E-state index in [1.54, 1.807) is 0 Å². The summed E-state index contributed by atoms with van der Waals surface area (Å²) < 4.78 is 12.9. The van der Waals surface area contributed by atoms with Gasteiger partial charge in [0.05, 0.1) is 0 Å². The molecule has 0 radical (unpaired) electrons. The third kappa shape index (κ3) is 4.18. The number of benzene rings is 2. The molecule has 0 saturated heterocycles. The van der Waals surface area contributed by atoms with Gasteiger partial charge in [-0.1, -0.05) is 49.4 Å². The summed E-state index contributed by atoms with van der Waals surface area (Å²) in [6, 6.07) is 17.6. The summed E-state index contributed by atoms with van der Waals surface area (Å²) in [5.74, 6) is -0.171. The van der Waals surface area contributed by atoms with Crippen LogP contribution in [0.4, 0.5) is 4.39 Å². The molecule has 2 aromatic carbocycles. The normalized spacial score (nSPS) is 12.3. The molecule has 0 fully saturated rings. The maximum Gasteiger partial charge on any atom is 0.123 e. The van der Waals surface area contributed by atoms with Gasteiger partial charge in [0.25, 0.3) is 0 Å². The molecular weight excluding hydrogens is 237 g/mol. The highest BCUT2D eigenvalue weighted by Gasteiger charge is 2.09. The first-order valence-corrected chi connectivity index (χ1v) is 6.82. The van der Waals surface area contributed by atoms with Gasteiger partial charge in [-0.05, 0) is 42.6 Å². The molecule has 2 heteroatoms. The molecule has 0 aliphatic rings. The minimum absolute atomic E-state index is 0.171. The summed E-state index contributed by atoms with van der Waals surface area (Å²) in [6.07, 6.45) is 1.97. The van der Waals surface area contributed by atoms with Gasteiger partial charge in [0.15, 0.2) is 0 Å². The van der Waals surface area contributed by atoms with Crippen molar-refractivity contribution >= 4 is 0 Å². The fourth-order valence-electron chi connectivity index (χ4n) is 2.28. The van der Waals surface area contributed by atoms with Crippen LogP contribution in [0.5, 0.6) is 0 Å². The van der Waals surface area contributed by atoms with Crippen LogP contribution in [0, 0.1) is 5.82 Å². The van der Waals surface area contributed by atoms with Gasteiger partial charge < -0.3 is 5.32 Å². The second-order valence-corrected chi connectivity index (χ2v) is 4.69. The zero-order valence-corrected chi connectivity index (χ0v) is 11.3. The molecule has 1 N–H and O–H groups in total. The Bertz CT molecular complexity index is 478. The van der Waals surface area contributed by atoms with Gasteiger partial charge in [-0.3, -0.25) is 0 Å². The van der Waals surface area contributed by atoms with Gasteiger partial charge >= 0.3 is 0 Å². The number of rotatable bonds is 6. The standard InChI is InChI=1S/C17H20FN/c1-2-19-17(15-6-4-3-5-7-15)13-10-14-8-11-16(18)12-9-14/h3-9,11-12,17,19H,2,10,13H2,1H3. The van der Waals surface area contributed by atoms with Crippen LogP contribution in [-0.4, -0.2) is 6.54 Å². The fourth-order valence-corrected chi connectivity index (χ4v) is 2.28. The number of hydrogen-bond acceptors (Lipinski definition) is 1. The van der Waals surface area contributed by atoms with Crippen LogP contribution in [0.15, 0.2) is 54.6 Å². The van der Waals surface area contributed by atoms with Crippen molar-refractivity contribution in [1.29, 1.82) is 0 Å². The van der Waals surface area contributed by atoms with Crippen molar-refractivity contribution in [3.63, 3.8) is 0 Å². The van der Waals surface area contributed by atoms with Crippen LogP contribution in [0.1, 0.15) is 30.5 Å². The summed E-state index contributed by atoms with van der Waals surface area (Å²) in [5.41, 5.74) is 2.49. The Hall–Kier alpha value is -1.67. The van der Waals surface area contributed by atoms with Crippen LogP contribution in [0.2, 0.25) is 0 Å². The molecule has 100 valence electrons. The number of aryl methyl sites for hydroxylation is 1. The van der Waals surface area contributed by atoms with E-state index in [0.29, 0.717) is 6.04 Å².